The van der Waals surface area contributed by atoms with Crippen molar-refractivity contribution >= 4 is 40.1 Å². The fraction of sp³-hybridized carbons (Fsp3) is 0.304. The van der Waals surface area contributed by atoms with Crippen LogP contribution in [0.4, 0.5) is 0 Å². The Hall–Kier alpha value is -2.30. The number of hydrogen-bond acceptors (Lipinski definition) is 4. The molecule has 1 saturated carbocycles. The van der Waals surface area contributed by atoms with Gasteiger partial charge in [-0.25, -0.2) is 9.59 Å². The second-order valence-electron chi connectivity index (χ2n) is 7.60. The molecular weight excluding hydrogens is 411 g/mol. The summed E-state index contributed by atoms with van der Waals surface area (Å²) in [6, 6.07) is 11.9. The van der Waals surface area contributed by atoms with Crippen molar-refractivity contribution in [2.24, 2.45) is 5.92 Å². The van der Waals surface area contributed by atoms with E-state index in [0.717, 1.165) is 31.1 Å². The van der Waals surface area contributed by atoms with Gasteiger partial charge in [0.15, 0.2) is 0 Å². The summed E-state index contributed by atoms with van der Waals surface area (Å²) in [5, 5.41) is 1.12. The minimum atomic E-state index is -0.548. The van der Waals surface area contributed by atoms with E-state index in [9.17, 15) is 9.59 Å². The van der Waals surface area contributed by atoms with E-state index < -0.39 is 11.6 Å². The molecule has 0 unspecified atom stereocenters. The van der Waals surface area contributed by atoms with Crippen molar-refractivity contribution in [1.29, 1.82) is 0 Å². The van der Waals surface area contributed by atoms with E-state index in [1.54, 1.807) is 24.3 Å². The van der Waals surface area contributed by atoms with Gasteiger partial charge in [-0.05, 0) is 49.4 Å². The Labute approximate surface area is 178 Å². The standard InChI is InChI=1S/C23H20Cl2O4/c1-13-5-4-7-16(9-13)28-22(26)15-11-17(21(25)19(24)12-15)18-10-14-6-2-3-8-20(14)29-23(18)27/h2-3,6,8,10-13,16H,4-5,7,9H2,1H3/t13-,16-/m0/s1. The molecule has 0 N–H and O–H groups in total. The molecule has 3 aromatic rings. The predicted octanol–water partition coefficient (Wildman–Crippen LogP) is 6.50. The van der Waals surface area contributed by atoms with E-state index in [4.69, 9.17) is 32.4 Å². The molecule has 2 aromatic carbocycles. The zero-order valence-corrected chi connectivity index (χ0v) is 17.4. The van der Waals surface area contributed by atoms with Gasteiger partial charge in [-0.15, -0.1) is 0 Å². The van der Waals surface area contributed by atoms with Crippen LogP contribution in [0.3, 0.4) is 0 Å². The lowest BCUT2D eigenvalue weighted by Gasteiger charge is -2.26. The SMILES string of the molecule is C[C@H]1CCC[C@H](OC(=O)c2cc(Cl)c(Cl)c(-c3cc4ccccc4oc3=O)c2)C1. The minimum Gasteiger partial charge on any atom is -0.459 e. The summed E-state index contributed by atoms with van der Waals surface area (Å²) in [7, 11) is 0. The third kappa shape index (κ3) is 4.19. The van der Waals surface area contributed by atoms with Crippen molar-refractivity contribution in [1.82, 2.24) is 0 Å². The minimum absolute atomic E-state index is 0.102. The molecule has 29 heavy (non-hydrogen) atoms. The Bertz CT molecular complexity index is 1140. The summed E-state index contributed by atoms with van der Waals surface area (Å²) in [6.45, 7) is 2.16. The maximum absolute atomic E-state index is 12.7. The first-order chi connectivity index (χ1) is 13.9. The Kier molecular flexibility index (Phi) is 5.66. The van der Waals surface area contributed by atoms with Gasteiger partial charge in [-0.2, -0.15) is 0 Å². The van der Waals surface area contributed by atoms with E-state index >= 15 is 0 Å². The molecule has 0 aliphatic heterocycles. The van der Waals surface area contributed by atoms with Gasteiger partial charge in [-0.1, -0.05) is 54.7 Å². The van der Waals surface area contributed by atoms with Gasteiger partial charge in [0.2, 0.25) is 0 Å². The van der Waals surface area contributed by atoms with Gasteiger partial charge < -0.3 is 9.15 Å². The molecule has 0 radical (unpaired) electrons. The van der Waals surface area contributed by atoms with Gasteiger partial charge >= 0.3 is 11.6 Å². The molecule has 1 heterocycles. The van der Waals surface area contributed by atoms with E-state index in [-0.39, 0.29) is 27.3 Å². The summed E-state index contributed by atoms with van der Waals surface area (Å²) in [6.07, 6.45) is 3.81. The molecular formula is C23H20Cl2O4. The summed E-state index contributed by atoms with van der Waals surface area (Å²) in [5.74, 6) is 0.0715. The molecule has 1 aliphatic carbocycles. The highest BCUT2D eigenvalue weighted by atomic mass is 35.5. The summed E-state index contributed by atoms with van der Waals surface area (Å²) in [5.41, 5.74) is 0.790. The van der Waals surface area contributed by atoms with Crippen LogP contribution in [0.1, 0.15) is 43.0 Å². The molecule has 0 spiro atoms. The molecule has 6 heteroatoms. The van der Waals surface area contributed by atoms with Gasteiger partial charge in [0.05, 0.1) is 21.2 Å². The number of carbonyl (C=O) groups is 1. The average molecular weight is 431 g/mol. The van der Waals surface area contributed by atoms with Crippen LogP contribution < -0.4 is 5.63 Å². The van der Waals surface area contributed by atoms with Crippen molar-refractivity contribution in [3.63, 3.8) is 0 Å². The topological polar surface area (TPSA) is 56.5 Å². The Balaban J connectivity index is 1.72. The molecule has 1 aliphatic rings. The second-order valence-corrected chi connectivity index (χ2v) is 8.39. The number of hydrogen-bond donors (Lipinski definition) is 0. The molecule has 150 valence electrons. The van der Waals surface area contributed by atoms with Crippen LogP contribution in [0.25, 0.3) is 22.1 Å². The van der Waals surface area contributed by atoms with Crippen molar-refractivity contribution < 1.29 is 13.9 Å². The van der Waals surface area contributed by atoms with E-state index in [2.05, 4.69) is 6.92 Å². The first kappa shape index (κ1) is 20.0. The maximum Gasteiger partial charge on any atom is 0.344 e. The number of esters is 1. The van der Waals surface area contributed by atoms with E-state index in [1.165, 1.54) is 6.07 Å². The lowest BCUT2D eigenvalue weighted by atomic mass is 9.89. The Morgan fingerprint density at radius 2 is 1.90 bits per heavy atom. The summed E-state index contributed by atoms with van der Waals surface area (Å²) >= 11 is 12.7. The molecule has 1 fully saturated rings. The largest absolute Gasteiger partial charge is 0.459 e. The first-order valence-electron chi connectivity index (χ1n) is 9.65. The summed E-state index contributed by atoms with van der Waals surface area (Å²) < 4.78 is 11.1. The molecule has 4 rings (SSSR count). The number of benzene rings is 2. The first-order valence-corrected chi connectivity index (χ1v) is 10.4. The number of halogens is 2. The van der Waals surface area contributed by atoms with E-state index in [1.807, 2.05) is 12.1 Å². The lowest BCUT2D eigenvalue weighted by Crippen LogP contribution is -2.24. The Morgan fingerprint density at radius 3 is 2.69 bits per heavy atom. The van der Waals surface area contributed by atoms with Gasteiger partial charge in [-0.3, -0.25) is 0 Å². The second kappa shape index (κ2) is 8.21. The van der Waals surface area contributed by atoms with Crippen molar-refractivity contribution in [2.75, 3.05) is 0 Å². The molecule has 1 aromatic heterocycles. The molecule has 0 bridgehead atoms. The fourth-order valence-corrected chi connectivity index (χ4v) is 4.29. The highest BCUT2D eigenvalue weighted by molar-refractivity contribution is 6.44. The van der Waals surface area contributed by atoms with Gasteiger partial charge in [0, 0.05) is 10.9 Å². The maximum atomic E-state index is 12.7. The van der Waals surface area contributed by atoms with Crippen molar-refractivity contribution in [2.45, 2.75) is 38.7 Å². The lowest BCUT2D eigenvalue weighted by molar-refractivity contribution is 0.0155. The van der Waals surface area contributed by atoms with Crippen LogP contribution in [0.5, 0.6) is 0 Å². The molecule has 0 saturated heterocycles. The zero-order valence-electron chi connectivity index (χ0n) is 15.9. The van der Waals surface area contributed by atoms with Crippen LogP contribution >= 0.6 is 23.2 Å². The smallest absolute Gasteiger partial charge is 0.344 e. The van der Waals surface area contributed by atoms with E-state index in [0.29, 0.717) is 17.1 Å². The monoisotopic (exact) mass is 430 g/mol. The van der Waals surface area contributed by atoms with Crippen molar-refractivity contribution in [3.05, 3.63) is 68.5 Å². The quantitative estimate of drug-likeness (QED) is 0.351. The average Bonchev–Trinajstić information content (AvgIpc) is 2.69. The highest BCUT2D eigenvalue weighted by Crippen LogP contribution is 2.35. The number of fused-ring (bicyclic) bond motifs is 1. The molecule has 2 atom stereocenters. The molecule has 4 nitrogen and oxygen atoms in total. The highest BCUT2D eigenvalue weighted by Gasteiger charge is 2.24. The van der Waals surface area contributed by atoms with Crippen molar-refractivity contribution in [3.8, 4) is 11.1 Å². The normalized spacial score (nSPS) is 19.3. The summed E-state index contributed by atoms with van der Waals surface area (Å²) in [4.78, 5) is 25.3. The third-order valence-corrected chi connectivity index (χ3v) is 6.16. The van der Waals surface area contributed by atoms with Crippen LogP contribution in [-0.2, 0) is 4.74 Å². The number of para-hydroxylation sites is 1. The molecule has 0 amide bonds. The van der Waals surface area contributed by atoms with Crippen LogP contribution in [0.2, 0.25) is 10.0 Å². The number of carbonyl (C=O) groups excluding carboxylic acids is 1. The third-order valence-electron chi connectivity index (χ3n) is 5.36. The Morgan fingerprint density at radius 1 is 1.10 bits per heavy atom. The van der Waals surface area contributed by atoms with Crippen LogP contribution in [0, 0.1) is 5.92 Å². The predicted molar refractivity (Wildman–Crippen MR) is 115 cm³/mol. The number of ether oxygens (including phenoxy) is 1. The van der Waals surface area contributed by atoms with Crippen LogP contribution in [0.15, 0.2) is 51.7 Å². The zero-order chi connectivity index (χ0) is 20.5. The fourth-order valence-electron chi connectivity index (χ4n) is 3.86. The number of rotatable bonds is 3. The van der Waals surface area contributed by atoms with Gasteiger partial charge in [0.1, 0.15) is 11.7 Å². The van der Waals surface area contributed by atoms with Crippen LogP contribution in [-0.4, -0.2) is 12.1 Å². The van der Waals surface area contributed by atoms with Gasteiger partial charge in [0.25, 0.3) is 0 Å².